The van der Waals surface area contributed by atoms with Crippen molar-refractivity contribution in [2.24, 2.45) is 0 Å². The molecule has 7 heteroatoms. The average molecular weight is 303 g/mol. The van der Waals surface area contributed by atoms with Gasteiger partial charge in [-0.15, -0.1) is 0 Å². The summed E-state index contributed by atoms with van der Waals surface area (Å²) in [6.07, 6.45) is 1.87. The molecule has 2 rings (SSSR count). The zero-order valence-electron chi connectivity index (χ0n) is 11.6. The monoisotopic (exact) mass is 303 g/mol. The van der Waals surface area contributed by atoms with Crippen LogP contribution in [0.15, 0.2) is 29.4 Å². The lowest BCUT2D eigenvalue weighted by molar-refractivity contribution is 0.624. The molecule has 108 valence electrons. The molecule has 0 aliphatic carbocycles. The number of halogens is 1. The van der Waals surface area contributed by atoms with Crippen LogP contribution in [0, 0.1) is 17.1 Å². The third-order valence-electron chi connectivity index (χ3n) is 2.63. The van der Waals surface area contributed by atoms with Crippen molar-refractivity contribution in [3.05, 3.63) is 35.6 Å². The van der Waals surface area contributed by atoms with Gasteiger partial charge in [0.15, 0.2) is 5.16 Å². The quantitative estimate of drug-likeness (QED) is 0.651. The molecule has 0 unspecified atom stereocenters. The van der Waals surface area contributed by atoms with Crippen molar-refractivity contribution in [1.29, 1.82) is 5.26 Å². The van der Waals surface area contributed by atoms with Crippen LogP contribution in [0.4, 0.5) is 21.7 Å². The average Bonchev–Trinajstić information content (AvgIpc) is 2.47. The number of aromatic nitrogens is 2. The second-order valence-corrected chi connectivity index (χ2v) is 4.83. The number of anilines is 3. The summed E-state index contributed by atoms with van der Waals surface area (Å²) in [5.74, 6) is 0.621. The van der Waals surface area contributed by atoms with Gasteiger partial charge in [-0.3, -0.25) is 0 Å². The standard InChI is InChI=1S/C14H14FN5S/c1-3-17-12-7-13(20-14(19-12)21-2)18-11-6-4-5-10(15)9(11)8-16/h4-7H,3H2,1-2H3,(H2,17,18,19,20). The van der Waals surface area contributed by atoms with Crippen molar-refractivity contribution in [2.45, 2.75) is 12.1 Å². The third-order valence-corrected chi connectivity index (χ3v) is 3.18. The second-order valence-electron chi connectivity index (χ2n) is 4.05. The maximum atomic E-state index is 13.6. The molecule has 0 aliphatic heterocycles. The Kier molecular flexibility index (Phi) is 4.95. The van der Waals surface area contributed by atoms with Gasteiger partial charge < -0.3 is 10.6 Å². The van der Waals surface area contributed by atoms with E-state index in [1.54, 1.807) is 18.2 Å². The molecule has 0 amide bonds. The van der Waals surface area contributed by atoms with E-state index in [4.69, 9.17) is 5.26 Å². The minimum atomic E-state index is -0.562. The summed E-state index contributed by atoms with van der Waals surface area (Å²) in [6, 6.07) is 8.00. The van der Waals surface area contributed by atoms with E-state index in [0.29, 0.717) is 22.5 Å². The van der Waals surface area contributed by atoms with Gasteiger partial charge in [0, 0.05) is 12.6 Å². The van der Waals surface area contributed by atoms with E-state index in [9.17, 15) is 4.39 Å². The van der Waals surface area contributed by atoms with Gasteiger partial charge in [0.1, 0.15) is 29.1 Å². The van der Waals surface area contributed by atoms with E-state index in [2.05, 4.69) is 20.6 Å². The molecule has 0 aliphatic rings. The molecular weight excluding hydrogens is 289 g/mol. The van der Waals surface area contributed by atoms with Gasteiger partial charge >= 0.3 is 0 Å². The highest BCUT2D eigenvalue weighted by Crippen LogP contribution is 2.24. The number of hydrogen-bond acceptors (Lipinski definition) is 6. The minimum Gasteiger partial charge on any atom is -0.370 e. The molecule has 5 nitrogen and oxygen atoms in total. The van der Waals surface area contributed by atoms with Gasteiger partial charge in [0.2, 0.25) is 0 Å². The highest BCUT2D eigenvalue weighted by atomic mass is 32.2. The zero-order valence-corrected chi connectivity index (χ0v) is 12.5. The van der Waals surface area contributed by atoms with Gasteiger partial charge in [-0.1, -0.05) is 17.8 Å². The summed E-state index contributed by atoms with van der Waals surface area (Å²) in [6.45, 7) is 2.70. The lowest BCUT2D eigenvalue weighted by Gasteiger charge is -2.11. The molecule has 1 aromatic heterocycles. The van der Waals surface area contributed by atoms with Crippen LogP contribution in [-0.2, 0) is 0 Å². The molecule has 0 atom stereocenters. The van der Waals surface area contributed by atoms with E-state index >= 15 is 0 Å². The molecule has 0 saturated heterocycles. The molecule has 0 radical (unpaired) electrons. The Hall–Kier alpha value is -2.33. The van der Waals surface area contributed by atoms with Crippen LogP contribution in [0.5, 0.6) is 0 Å². The van der Waals surface area contributed by atoms with Gasteiger partial charge in [0.25, 0.3) is 0 Å². The normalized spacial score (nSPS) is 10.0. The third kappa shape index (κ3) is 3.61. The van der Waals surface area contributed by atoms with E-state index in [-0.39, 0.29) is 5.56 Å². The van der Waals surface area contributed by atoms with Crippen LogP contribution in [0.25, 0.3) is 0 Å². The van der Waals surface area contributed by atoms with Crippen molar-refractivity contribution in [2.75, 3.05) is 23.4 Å². The van der Waals surface area contributed by atoms with Gasteiger partial charge in [0.05, 0.1) is 5.69 Å². The summed E-state index contributed by atoms with van der Waals surface area (Å²) in [4.78, 5) is 8.61. The number of nitriles is 1. The minimum absolute atomic E-state index is 0.0354. The summed E-state index contributed by atoms with van der Waals surface area (Å²) < 4.78 is 13.6. The van der Waals surface area contributed by atoms with Gasteiger partial charge in [-0.25, -0.2) is 14.4 Å². The van der Waals surface area contributed by atoms with Crippen LogP contribution >= 0.6 is 11.8 Å². The highest BCUT2D eigenvalue weighted by Gasteiger charge is 2.10. The molecular formula is C14H14FN5S. The molecule has 0 fully saturated rings. The van der Waals surface area contributed by atoms with E-state index < -0.39 is 5.82 Å². The van der Waals surface area contributed by atoms with Crippen molar-refractivity contribution >= 4 is 29.1 Å². The molecule has 21 heavy (non-hydrogen) atoms. The second kappa shape index (κ2) is 6.90. The van der Waals surface area contributed by atoms with Crippen LogP contribution in [0.3, 0.4) is 0 Å². The first-order chi connectivity index (χ1) is 10.2. The Morgan fingerprint density at radius 2 is 2.10 bits per heavy atom. The molecule has 1 heterocycles. The molecule has 1 aromatic carbocycles. The maximum Gasteiger partial charge on any atom is 0.191 e. The van der Waals surface area contributed by atoms with Crippen LogP contribution in [0.1, 0.15) is 12.5 Å². The fourth-order valence-corrected chi connectivity index (χ4v) is 2.11. The molecule has 0 bridgehead atoms. The number of benzene rings is 1. The first-order valence-corrected chi connectivity index (χ1v) is 7.53. The Morgan fingerprint density at radius 3 is 2.76 bits per heavy atom. The largest absolute Gasteiger partial charge is 0.370 e. The van der Waals surface area contributed by atoms with E-state index in [1.165, 1.54) is 17.8 Å². The lowest BCUT2D eigenvalue weighted by atomic mass is 10.2. The van der Waals surface area contributed by atoms with E-state index in [1.807, 2.05) is 19.2 Å². The highest BCUT2D eigenvalue weighted by molar-refractivity contribution is 7.98. The SMILES string of the molecule is CCNc1cc(Nc2cccc(F)c2C#N)nc(SC)n1. The summed E-state index contributed by atoms with van der Waals surface area (Å²) >= 11 is 1.41. The maximum absolute atomic E-state index is 13.6. The fraction of sp³-hybridized carbons (Fsp3) is 0.214. The topological polar surface area (TPSA) is 73.6 Å². The fourth-order valence-electron chi connectivity index (χ4n) is 1.73. The summed E-state index contributed by atoms with van der Waals surface area (Å²) in [5, 5.41) is 15.7. The number of nitrogens with zero attached hydrogens (tertiary/aromatic N) is 3. The lowest BCUT2D eigenvalue weighted by Crippen LogP contribution is -2.04. The molecule has 2 N–H and O–H groups in total. The number of nitrogens with one attached hydrogen (secondary N) is 2. The van der Waals surface area contributed by atoms with Crippen molar-refractivity contribution in [3.8, 4) is 6.07 Å². The zero-order chi connectivity index (χ0) is 15.2. The first-order valence-electron chi connectivity index (χ1n) is 6.30. The first kappa shape index (κ1) is 15.1. The Balaban J connectivity index is 2.37. The summed E-state index contributed by atoms with van der Waals surface area (Å²) in [5.41, 5.74) is 0.345. The van der Waals surface area contributed by atoms with E-state index in [0.717, 1.165) is 6.54 Å². The Bertz CT molecular complexity index is 684. The Labute approximate surface area is 126 Å². The number of rotatable bonds is 5. The predicted octanol–water partition coefficient (Wildman–Crippen LogP) is 3.38. The Morgan fingerprint density at radius 1 is 1.33 bits per heavy atom. The molecule has 2 aromatic rings. The predicted molar refractivity (Wildman–Crippen MR) is 82.4 cm³/mol. The van der Waals surface area contributed by atoms with Crippen molar-refractivity contribution < 1.29 is 4.39 Å². The molecule has 0 saturated carbocycles. The number of hydrogen-bond donors (Lipinski definition) is 2. The smallest absolute Gasteiger partial charge is 0.191 e. The number of thioether (sulfide) groups is 1. The van der Waals surface area contributed by atoms with Crippen LogP contribution in [0.2, 0.25) is 0 Å². The summed E-state index contributed by atoms with van der Waals surface area (Å²) in [7, 11) is 0. The van der Waals surface area contributed by atoms with Crippen LogP contribution in [-0.4, -0.2) is 22.8 Å². The van der Waals surface area contributed by atoms with Crippen molar-refractivity contribution in [1.82, 2.24) is 9.97 Å². The van der Waals surface area contributed by atoms with Gasteiger partial charge in [-0.05, 0) is 25.3 Å². The molecule has 0 spiro atoms. The van der Waals surface area contributed by atoms with Gasteiger partial charge in [-0.2, -0.15) is 5.26 Å². The van der Waals surface area contributed by atoms with Crippen molar-refractivity contribution in [3.63, 3.8) is 0 Å². The van der Waals surface area contributed by atoms with Crippen LogP contribution < -0.4 is 10.6 Å².